The van der Waals surface area contributed by atoms with Gasteiger partial charge in [0.1, 0.15) is 12.2 Å². The smallest absolute Gasteiger partial charge is 0.337 e. The monoisotopic (exact) mass is 383 g/mol. The number of anilines is 1. The third-order valence-corrected chi connectivity index (χ3v) is 5.19. The van der Waals surface area contributed by atoms with Gasteiger partial charge in [0, 0.05) is 11.3 Å². The van der Waals surface area contributed by atoms with Crippen molar-refractivity contribution in [1.29, 1.82) is 0 Å². The highest BCUT2D eigenvalue weighted by atomic mass is 16.5. The van der Waals surface area contributed by atoms with Crippen LogP contribution in [0.5, 0.6) is 0 Å². The van der Waals surface area contributed by atoms with Gasteiger partial charge in [0.2, 0.25) is 5.91 Å². The zero-order chi connectivity index (χ0) is 20.2. The maximum Gasteiger partial charge on any atom is 0.337 e. The van der Waals surface area contributed by atoms with Crippen LogP contribution in [0.1, 0.15) is 18.2 Å². The van der Waals surface area contributed by atoms with Gasteiger partial charge < -0.3 is 24.5 Å². The second-order valence-corrected chi connectivity index (χ2v) is 6.44. The molecule has 1 aromatic heterocycles. The fraction of sp³-hybridized carbons (Fsp3) is 0.263. The molecule has 0 saturated carbocycles. The van der Waals surface area contributed by atoms with Crippen LogP contribution in [-0.4, -0.2) is 48.5 Å². The normalized spacial score (nSPS) is 19.8. The molecule has 144 valence electrons. The van der Waals surface area contributed by atoms with E-state index in [-0.39, 0.29) is 29.5 Å². The minimum Gasteiger partial charge on any atom is -0.468 e. The summed E-state index contributed by atoms with van der Waals surface area (Å²) in [6.45, 7) is 1.22. The minimum atomic E-state index is -1.60. The molecule has 2 aliphatic rings. The molecule has 2 heterocycles. The van der Waals surface area contributed by atoms with Crippen molar-refractivity contribution in [1.82, 2.24) is 9.88 Å². The second kappa shape index (κ2) is 5.95. The Labute approximate surface area is 159 Å². The molecule has 1 atom stereocenters. The summed E-state index contributed by atoms with van der Waals surface area (Å²) < 4.78 is 15.2. The maximum atomic E-state index is 13.7. The van der Waals surface area contributed by atoms with Crippen molar-refractivity contribution >= 4 is 23.9 Å². The van der Waals surface area contributed by atoms with Crippen LogP contribution in [0, 0.1) is 0 Å². The molecule has 0 saturated heterocycles. The lowest BCUT2D eigenvalue weighted by atomic mass is 9.74. The quantitative estimate of drug-likeness (QED) is 0.778. The van der Waals surface area contributed by atoms with E-state index in [0.717, 1.165) is 0 Å². The Hall–Kier alpha value is -3.62. The molecule has 1 spiro atoms. The molecule has 9 nitrogen and oxygen atoms in total. The molecule has 0 radical (unpaired) electrons. The Kier molecular flexibility index (Phi) is 3.77. The molecule has 4 rings (SSSR count). The van der Waals surface area contributed by atoms with Crippen molar-refractivity contribution in [3.8, 4) is 11.3 Å². The lowest BCUT2D eigenvalue weighted by Gasteiger charge is -2.26. The molecule has 1 aliphatic carbocycles. The predicted molar refractivity (Wildman–Crippen MR) is 95.6 cm³/mol. The number of aromatic nitrogens is 1. The predicted octanol–water partition coefficient (Wildman–Crippen LogP) is 0.985. The van der Waals surface area contributed by atoms with Crippen LogP contribution in [0.2, 0.25) is 0 Å². The number of nitrogen functional groups attached to an aromatic ring is 1. The van der Waals surface area contributed by atoms with Gasteiger partial charge in [-0.15, -0.1) is 0 Å². The summed E-state index contributed by atoms with van der Waals surface area (Å²) >= 11 is 0. The average Bonchev–Trinajstić information content (AvgIpc) is 3.27. The van der Waals surface area contributed by atoms with Gasteiger partial charge in [0.15, 0.2) is 11.2 Å². The van der Waals surface area contributed by atoms with Crippen LogP contribution in [0.3, 0.4) is 0 Å². The molecule has 0 unspecified atom stereocenters. The number of nitrogens with two attached hydrogens (primary N) is 1. The fourth-order valence-corrected chi connectivity index (χ4v) is 4.03. The van der Waals surface area contributed by atoms with Gasteiger partial charge in [-0.1, -0.05) is 24.3 Å². The summed E-state index contributed by atoms with van der Waals surface area (Å²) in [5.41, 5.74) is 5.85. The first kappa shape index (κ1) is 17.8. The number of ether oxygens (including phenoxy) is 2. The Bertz CT molecular complexity index is 1070. The molecule has 1 amide bonds. The number of methoxy groups -OCH3 is 2. The first-order valence-electron chi connectivity index (χ1n) is 8.43. The Morgan fingerprint density at radius 1 is 1.25 bits per heavy atom. The number of amides is 1. The summed E-state index contributed by atoms with van der Waals surface area (Å²) in [7, 11) is 2.45. The van der Waals surface area contributed by atoms with Gasteiger partial charge in [0.25, 0.3) is 6.01 Å². The van der Waals surface area contributed by atoms with Crippen LogP contribution < -0.4 is 5.73 Å². The Balaban J connectivity index is 2.05. The van der Waals surface area contributed by atoms with Gasteiger partial charge in [-0.2, -0.15) is 4.98 Å². The Morgan fingerprint density at radius 2 is 1.96 bits per heavy atom. The summed E-state index contributed by atoms with van der Waals surface area (Å²) in [6, 6.07) is 6.88. The molecular weight excluding hydrogens is 366 g/mol. The number of rotatable bonds is 3. The van der Waals surface area contributed by atoms with E-state index in [9.17, 15) is 14.4 Å². The number of carbonyl (C=O) groups excluding carboxylic acids is 3. The molecule has 0 fully saturated rings. The molecule has 9 heteroatoms. The molecular formula is C19H17N3O6. The van der Waals surface area contributed by atoms with Crippen LogP contribution in [0.15, 0.2) is 40.0 Å². The standard InChI is InChI=1S/C19H17N3O6/c1-9-13(16(24)27-3)19(17(25)22(9)8-12(23)26-2)11-7-5-4-6-10(11)14-15(19)21-18(20)28-14/h4-7H,8H2,1-3H3,(H2,20,21)/t19-/m1/s1. The van der Waals surface area contributed by atoms with Crippen molar-refractivity contribution in [3.63, 3.8) is 0 Å². The number of hydrogen-bond donors (Lipinski definition) is 1. The van der Waals surface area contributed by atoms with Crippen LogP contribution >= 0.6 is 0 Å². The maximum absolute atomic E-state index is 13.7. The Morgan fingerprint density at radius 3 is 2.64 bits per heavy atom. The zero-order valence-electron chi connectivity index (χ0n) is 15.4. The number of hydrogen-bond acceptors (Lipinski definition) is 8. The van der Waals surface area contributed by atoms with Crippen molar-refractivity contribution in [2.75, 3.05) is 26.5 Å². The molecule has 1 aliphatic heterocycles. The molecule has 2 aromatic rings. The third-order valence-electron chi connectivity index (χ3n) is 5.19. The summed E-state index contributed by atoms with van der Waals surface area (Å²) in [5, 5.41) is 0. The number of benzene rings is 1. The van der Waals surface area contributed by atoms with E-state index in [1.807, 2.05) is 0 Å². The minimum absolute atomic E-state index is 0.0726. The number of nitrogens with zero attached hydrogens (tertiary/aromatic N) is 2. The highest BCUT2D eigenvalue weighted by Crippen LogP contribution is 2.57. The number of esters is 2. The lowest BCUT2D eigenvalue weighted by Crippen LogP contribution is -2.43. The lowest BCUT2D eigenvalue weighted by molar-refractivity contribution is -0.146. The van der Waals surface area contributed by atoms with Crippen molar-refractivity contribution < 1.29 is 28.3 Å². The van der Waals surface area contributed by atoms with E-state index in [0.29, 0.717) is 16.9 Å². The molecule has 28 heavy (non-hydrogen) atoms. The summed E-state index contributed by atoms with van der Waals surface area (Å²) in [6.07, 6.45) is 0. The van der Waals surface area contributed by atoms with E-state index in [1.165, 1.54) is 19.1 Å². The van der Waals surface area contributed by atoms with Crippen LogP contribution in [0.4, 0.5) is 6.01 Å². The van der Waals surface area contributed by atoms with Crippen molar-refractivity contribution in [2.24, 2.45) is 0 Å². The highest BCUT2D eigenvalue weighted by Gasteiger charge is 2.63. The first-order valence-corrected chi connectivity index (χ1v) is 8.43. The number of fused-ring (bicyclic) bond motifs is 5. The van der Waals surface area contributed by atoms with E-state index in [4.69, 9.17) is 19.6 Å². The first-order chi connectivity index (χ1) is 13.4. The van der Waals surface area contributed by atoms with Crippen LogP contribution in [0.25, 0.3) is 11.3 Å². The second-order valence-electron chi connectivity index (χ2n) is 6.44. The highest BCUT2D eigenvalue weighted by molar-refractivity contribution is 6.14. The number of allylic oxidation sites excluding steroid dienone is 1. The van der Waals surface area contributed by atoms with Gasteiger partial charge >= 0.3 is 11.9 Å². The largest absolute Gasteiger partial charge is 0.468 e. The molecule has 2 N–H and O–H groups in total. The summed E-state index contributed by atoms with van der Waals surface area (Å²) in [5.74, 6) is -1.53. The van der Waals surface area contributed by atoms with Gasteiger partial charge in [-0.05, 0) is 12.5 Å². The van der Waals surface area contributed by atoms with Crippen molar-refractivity contribution in [3.05, 3.63) is 46.8 Å². The zero-order valence-corrected chi connectivity index (χ0v) is 15.4. The van der Waals surface area contributed by atoms with Gasteiger partial charge in [0.05, 0.1) is 19.8 Å². The van der Waals surface area contributed by atoms with Gasteiger partial charge in [-0.3, -0.25) is 9.59 Å². The van der Waals surface area contributed by atoms with E-state index in [2.05, 4.69) is 4.98 Å². The number of oxazole rings is 1. The average molecular weight is 383 g/mol. The van der Waals surface area contributed by atoms with E-state index < -0.39 is 23.3 Å². The molecule has 1 aromatic carbocycles. The third kappa shape index (κ3) is 2.01. The topological polar surface area (TPSA) is 125 Å². The fourth-order valence-electron chi connectivity index (χ4n) is 4.03. The molecule has 0 bridgehead atoms. The number of carbonyl (C=O) groups is 3. The van der Waals surface area contributed by atoms with Gasteiger partial charge in [-0.25, -0.2) is 4.79 Å². The van der Waals surface area contributed by atoms with E-state index in [1.54, 1.807) is 31.2 Å². The van der Waals surface area contributed by atoms with Crippen LogP contribution in [-0.2, 0) is 29.3 Å². The van der Waals surface area contributed by atoms with Crippen molar-refractivity contribution in [2.45, 2.75) is 12.3 Å². The van der Waals surface area contributed by atoms with E-state index >= 15 is 0 Å². The summed E-state index contributed by atoms with van der Waals surface area (Å²) in [4.78, 5) is 43.8. The SMILES string of the molecule is COC(=O)CN1C(=O)[C@@]2(C(C(=O)OC)=C1C)c1ccccc1-c1oc(N)nc12.